The maximum absolute atomic E-state index is 9.94. The molecule has 0 rings (SSSR count). The van der Waals surface area contributed by atoms with Crippen LogP contribution in [0.1, 0.15) is 20.3 Å². The second-order valence-electron chi connectivity index (χ2n) is 3.38. The van der Waals surface area contributed by atoms with Gasteiger partial charge in [-0.3, -0.25) is 5.32 Å². The van der Waals surface area contributed by atoms with Gasteiger partial charge < -0.3 is 14.7 Å². The zero-order valence-electron chi connectivity index (χ0n) is 9.13. The minimum Gasteiger partial charge on any atom is -0.352 e. The highest BCUT2D eigenvalue weighted by Gasteiger charge is 2.26. The van der Waals surface area contributed by atoms with Gasteiger partial charge in [0.25, 0.3) is 0 Å². The highest BCUT2D eigenvalue weighted by Crippen LogP contribution is 2.03. The molecule has 80 valence electrons. The SMILES string of the molecule is CCCNC(O)(CN(C)C)OCC. The van der Waals surface area contributed by atoms with E-state index in [2.05, 4.69) is 12.2 Å². The topological polar surface area (TPSA) is 44.7 Å². The molecular weight excluding hydrogens is 168 g/mol. The molecule has 0 aliphatic heterocycles. The van der Waals surface area contributed by atoms with E-state index in [1.807, 2.05) is 25.9 Å². The summed E-state index contributed by atoms with van der Waals surface area (Å²) in [5.74, 6) is -1.20. The normalized spacial score (nSPS) is 16.2. The van der Waals surface area contributed by atoms with Crippen LogP contribution >= 0.6 is 0 Å². The summed E-state index contributed by atoms with van der Waals surface area (Å²) in [4.78, 5) is 1.89. The monoisotopic (exact) mass is 190 g/mol. The Morgan fingerprint density at radius 3 is 2.38 bits per heavy atom. The molecule has 4 heteroatoms. The van der Waals surface area contributed by atoms with Gasteiger partial charge in [-0.2, -0.15) is 0 Å². The van der Waals surface area contributed by atoms with Crippen LogP contribution in [-0.2, 0) is 4.74 Å². The number of likely N-dealkylation sites (N-methyl/N-ethyl adjacent to an activating group) is 1. The van der Waals surface area contributed by atoms with Gasteiger partial charge in [-0.1, -0.05) is 6.92 Å². The molecule has 0 amide bonds. The lowest BCUT2D eigenvalue weighted by Gasteiger charge is -2.31. The third-order valence-electron chi connectivity index (χ3n) is 1.56. The fourth-order valence-corrected chi connectivity index (χ4v) is 1.14. The molecule has 0 aromatic heterocycles. The van der Waals surface area contributed by atoms with Gasteiger partial charge in [0, 0.05) is 6.61 Å². The molecule has 0 heterocycles. The van der Waals surface area contributed by atoms with Crippen molar-refractivity contribution in [2.45, 2.75) is 26.2 Å². The van der Waals surface area contributed by atoms with Crippen LogP contribution in [0, 0.1) is 0 Å². The molecule has 0 saturated heterocycles. The summed E-state index contributed by atoms with van der Waals surface area (Å²) < 4.78 is 5.25. The number of nitrogens with zero attached hydrogens (tertiary/aromatic N) is 1. The first-order valence-electron chi connectivity index (χ1n) is 4.80. The van der Waals surface area contributed by atoms with Crippen molar-refractivity contribution in [2.75, 3.05) is 33.8 Å². The lowest BCUT2D eigenvalue weighted by molar-refractivity contribution is -0.228. The maximum atomic E-state index is 9.94. The number of aliphatic hydroxyl groups is 1. The minimum atomic E-state index is -1.20. The second-order valence-corrected chi connectivity index (χ2v) is 3.38. The van der Waals surface area contributed by atoms with E-state index < -0.39 is 5.91 Å². The number of ether oxygens (including phenoxy) is 1. The van der Waals surface area contributed by atoms with Crippen molar-refractivity contribution >= 4 is 0 Å². The summed E-state index contributed by atoms with van der Waals surface area (Å²) >= 11 is 0. The first kappa shape index (κ1) is 12.8. The molecule has 0 aromatic rings. The zero-order chi connectivity index (χ0) is 10.3. The average Bonchev–Trinajstić information content (AvgIpc) is 2.00. The molecule has 0 spiro atoms. The molecule has 1 atom stereocenters. The maximum Gasteiger partial charge on any atom is 0.238 e. The van der Waals surface area contributed by atoms with Crippen molar-refractivity contribution in [3.05, 3.63) is 0 Å². The molecule has 4 nitrogen and oxygen atoms in total. The van der Waals surface area contributed by atoms with Gasteiger partial charge in [-0.05, 0) is 34.0 Å². The predicted octanol–water partition coefficient (Wildman–Crippen LogP) is 0.230. The Morgan fingerprint density at radius 2 is 2.00 bits per heavy atom. The Kier molecular flexibility index (Phi) is 6.24. The fraction of sp³-hybridized carbons (Fsp3) is 1.00. The Bertz CT molecular complexity index is 131. The highest BCUT2D eigenvalue weighted by molar-refractivity contribution is 4.67. The first-order valence-corrected chi connectivity index (χ1v) is 4.80. The molecular formula is C9H22N2O2. The zero-order valence-corrected chi connectivity index (χ0v) is 9.13. The molecule has 0 aliphatic rings. The van der Waals surface area contributed by atoms with E-state index >= 15 is 0 Å². The number of nitrogens with one attached hydrogen (secondary N) is 1. The van der Waals surface area contributed by atoms with Crippen molar-refractivity contribution in [1.29, 1.82) is 0 Å². The van der Waals surface area contributed by atoms with E-state index in [-0.39, 0.29) is 0 Å². The van der Waals surface area contributed by atoms with E-state index in [0.717, 1.165) is 13.0 Å². The standard InChI is InChI=1S/C9H22N2O2/c1-5-7-10-9(12,13-6-2)8-11(3)4/h10,12H,5-8H2,1-4H3. The van der Waals surface area contributed by atoms with Crippen LogP contribution in [0.15, 0.2) is 0 Å². The molecule has 2 N–H and O–H groups in total. The van der Waals surface area contributed by atoms with Gasteiger partial charge >= 0.3 is 0 Å². The van der Waals surface area contributed by atoms with Crippen molar-refractivity contribution in [2.24, 2.45) is 0 Å². The van der Waals surface area contributed by atoms with Gasteiger partial charge in [0.05, 0.1) is 6.54 Å². The van der Waals surface area contributed by atoms with Gasteiger partial charge in [-0.15, -0.1) is 0 Å². The summed E-state index contributed by atoms with van der Waals surface area (Å²) in [7, 11) is 3.80. The average molecular weight is 190 g/mol. The largest absolute Gasteiger partial charge is 0.352 e. The number of rotatable bonds is 7. The third-order valence-corrected chi connectivity index (χ3v) is 1.56. The van der Waals surface area contributed by atoms with E-state index in [1.165, 1.54) is 0 Å². The van der Waals surface area contributed by atoms with Crippen molar-refractivity contribution in [1.82, 2.24) is 10.2 Å². The summed E-state index contributed by atoms with van der Waals surface area (Å²) in [6, 6.07) is 0. The Labute approximate surface area is 80.9 Å². The molecule has 0 aliphatic carbocycles. The van der Waals surface area contributed by atoms with Crippen LogP contribution < -0.4 is 5.32 Å². The van der Waals surface area contributed by atoms with Crippen LogP contribution in [-0.4, -0.2) is 49.7 Å². The predicted molar refractivity (Wildman–Crippen MR) is 53.4 cm³/mol. The third kappa shape index (κ3) is 5.99. The van der Waals surface area contributed by atoms with Crippen molar-refractivity contribution in [3.8, 4) is 0 Å². The first-order chi connectivity index (χ1) is 6.04. The molecule has 1 unspecified atom stereocenters. The Morgan fingerprint density at radius 1 is 1.38 bits per heavy atom. The van der Waals surface area contributed by atoms with Crippen LogP contribution in [0.5, 0.6) is 0 Å². The van der Waals surface area contributed by atoms with Crippen LogP contribution in [0.3, 0.4) is 0 Å². The molecule has 0 fully saturated rings. The van der Waals surface area contributed by atoms with Crippen molar-refractivity contribution in [3.63, 3.8) is 0 Å². The van der Waals surface area contributed by atoms with E-state index in [0.29, 0.717) is 13.2 Å². The second kappa shape index (κ2) is 6.32. The summed E-state index contributed by atoms with van der Waals surface area (Å²) in [5, 5.41) is 12.9. The lowest BCUT2D eigenvalue weighted by atomic mass is 10.4. The molecule has 13 heavy (non-hydrogen) atoms. The van der Waals surface area contributed by atoms with E-state index in [4.69, 9.17) is 4.74 Å². The number of hydrogen-bond donors (Lipinski definition) is 2. The minimum absolute atomic E-state index is 0.459. The highest BCUT2D eigenvalue weighted by atomic mass is 16.6. The van der Waals surface area contributed by atoms with E-state index in [1.54, 1.807) is 0 Å². The van der Waals surface area contributed by atoms with Gasteiger partial charge in [0.1, 0.15) is 0 Å². The molecule has 0 bridgehead atoms. The van der Waals surface area contributed by atoms with Crippen LogP contribution in [0.2, 0.25) is 0 Å². The van der Waals surface area contributed by atoms with E-state index in [9.17, 15) is 5.11 Å². The Balaban J connectivity index is 3.99. The summed E-state index contributed by atoms with van der Waals surface area (Å²) in [6.07, 6.45) is 0.975. The van der Waals surface area contributed by atoms with Gasteiger partial charge in [0.15, 0.2) is 0 Å². The lowest BCUT2D eigenvalue weighted by Crippen LogP contribution is -2.54. The summed E-state index contributed by atoms with van der Waals surface area (Å²) in [6.45, 7) is 5.63. The van der Waals surface area contributed by atoms with Crippen LogP contribution in [0.25, 0.3) is 0 Å². The van der Waals surface area contributed by atoms with Gasteiger partial charge in [0.2, 0.25) is 5.91 Å². The number of hydrogen-bond acceptors (Lipinski definition) is 4. The Hall–Kier alpha value is -0.160. The van der Waals surface area contributed by atoms with Crippen molar-refractivity contribution < 1.29 is 9.84 Å². The smallest absolute Gasteiger partial charge is 0.238 e. The molecule has 0 saturated carbocycles. The van der Waals surface area contributed by atoms with Crippen LogP contribution in [0.4, 0.5) is 0 Å². The fourth-order valence-electron chi connectivity index (χ4n) is 1.14. The van der Waals surface area contributed by atoms with Gasteiger partial charge in [-0.25, -0.2) is 0 Å². The molecule has 0 aromatic carbocycles. The molecule has 0 radical (unpaired) electrons. The summed E-state index contributed by atoms with van der Waals surface area (Å²) in [5.41, 5.74) is 0. The quantitative estimate of drug-likeness (QED) is 0.564.